The van der Waals surface area contributed by atoms with Crippen molar-refractivity contribution in [3.8, 4) is 0 Å². The fourth-order valence-electron chi connectivity index (χ4n) is 0.879. The molecule has 1 rings (SSSR count). The van der Waals surface area contributed by atoms with Gasteiger partial charge in [0.05, 0.1) is 13.2 Å². The van der Waals surface area contributed by atoms with Gasteiger partial charge in [-0.05, 0) is 0 Å². The fourth-order valence-corrected chi connectivity index (χ4v) is 0.982. The summed E-state index contributed by atoms with van der Waals surface area (Å²) in [5.41, 5.74) is 1.15. The van der Waals surface area contributed by atoms with E-state index in [2.05, 4.69) is 0 Å². The van der Waals surface area contributed by atoms with E-state index in [4.69, 9.17) is 21.1 Å². The van der Waals surface area contributed by atoms with Crippen molar-refractivity contribution >= 4 is 17.6 Å². The van der Waals surface area contributed by atoms with Crippen LogP contribution in [0.2, 0.25) is 0 Å². The number of ether oxygens (including phenoxy) is 2. The molecule has 0 spiro atoms. The van der Waals surface area contributed by atoms with E-state index >= 15 is 0 Å². The number of carbonyl (C=O) groups is 1. The Morgan fingerprint density at radius 2 is 2.42 bits per heavy atom. The summed E-state index contributed by atoms with van der Waals surface area (Å²) in [6.07, 6.45) is 1.18. The normalized spacial score (nSPS) is 20.5. The molecule has 1 fully saturated rings. The number of halogens is 1. The van der Waals surface area contributed by atoms with Crippen molar-refractivity contribution < 1.29 is 14.3 Å². The molecule has 3 nitrogen and oxygen atoms in total. The highest BCUT2D eigenvalue weighted by atomic mass is 35.5. The van der Waals surface area contributed by atoms with Gasteiger partial charge in [-0.1, -0.05) is 18.5 Å². The average molecular weight is 191 g/mol. The van der Waals surface area contributed by atoms with Gasteiger partial charge in [-0.15, -0.1) is 0 Å². The van der Waals surface area contributed by atoms with Gasteiger partial charge < -0.3 is 9.47 Å². The third-order valence-electron chi connectivity index (χ3n) is 1.66. The quantitative estimate of drug-likeness (QED) is 0.498. The highest BCUT2D eigenvalue weighted by molar-refractivity contribution is 6.26. The number of hydrogen-bond donors (Lipinski definition) is 0. The van der Waals surface area contributed by atoms with Crippen LogP contribution in [0.3, 0.4) is 0 Å². The van der Waals surface area contributed by atoms with E-state index < -0.39 is 5.97 Å². The first-order valence-corrected chi connectivity index (χ1v) is 4.11. The Kier molecular flexibility index (Phi) is 3.12. The van der Waals surface area contributed by atoms with Crippen molar-refractivity contribution in [1.82, 2.24) is 0 Å². The van der Waals surface area contributed by atoms with Gasteiger partial charge >= 0.3 is 5.97 Å². The standard InChI is InChI=1S/C8H11ClO3/c1-8(4-11-5-8)6-12-7(10)2-3-9/h2-3H,4-6H2,1H3. The van der Waals surface area contributed by atoms with Crippen LogP contribution >= 0.6 is 11.6 Å². The summed E-state index contributed by atoms with van der Waals surface area (Å²) >= 11 is 5.19. The van der Waals surface area contributed by atoms with Gasteiger partial charge in [0.15, 0.2) is 0 Å². The maximum Gasteiger partial charge on any atom is 0.331 e. The Labute approximate surface area is 76.3 Å². The molecular formula is C8H11ClO3. The fraction of sp³-hybridized carbons (Fsp3) is 0.625. The van der Waals surface area contributed by atoms with E-state index in [1.54, 1.807) is 0 Å². The van der Waals surface area contributed by atoms with Crippen LogP contribution in [0.4, 0.5) is 0 Å². The lowest BCUT2D eigenvalue weighted by Crippen LogP contribution is -2.43. The molecule has 0 unspecified atom stereocenters. The summed E-state index contributed by atoms with van der Waals surface area (Å²) in [5.74, 6) is -0.405. The lowest BCUT2D eigenvalue weighted by Gasteiger charge is -2.36. The average Bonchev–Trinajstić information content (AvgIpc) is 1.98. The summed E-state index contributed by atoms with van der Waals surface area (Å²) in [4.78, 5) is 10.8. The van der Waals surface area contributed by atoms with Gasteiger partial charge in [-0.3, -0.25) is 0 Å². The molecule has 0 radical (unpaired) electrons. The minimum atomic E-state index is -0.405. The molecule has 0 saturated carbocycles. The first kappa shape index (κ1) is 9.55. The topological polar surface area (TPSA) is 35.5 Å². The molecule has 68 valence electrons. The maximum atomic E-state index is 10.8. The van der Waals surface area contributed by atoms with Crippen molar-refractivity contribution in [2.75, 3.05) is 19.8 Å². The van der Waals surface area contributed by atoms with Crippen LogP contribution in [-0.4, -0.2) is 25.8 Å². The maximum absolute atomic E-state index is 10.8. The molecule has 0 aromatic rings. The van der Waals surface area contributed by atoms with Gasteiger partial charge in [-0.2, -0.15) is 0 Å². The predicted octanol–water partition coefficient (Wildman–Crippen LogP) is 1.32. The number of esters is 1. The number of carbonyl (C=O) groups excluding carboxylic acids is 1. The molecule has 0 aromatic heterocycles. The van der Waals surface area contributed by atoms with Crippen LogP contribution in [0.25, 0.3) is 0 Å². The second-order valence-corrected chi connectivity index (χ2v) is 3.46. The molecule has 1 saturated heterocycles. The third-order valence-corrected chi connectivity index (χ3v) is 1.79. The van der Waals surface area contributed by atoms with Crippen LogP contribution in [0, 0.1) is 5.41 Å². The second-order valence-electron chi connectivity index (χ2n) is 3.20. The minimum absolute atomic E-state index is 0.00973. The molecule has 0 bridgehead atoms. The van der Waals surface area contributed by atoms with Crippen LogP contribution in [0.5, 0.6) is 0 Å². The summed E-state index contributed by atoms with van der Waals surface area (Å²) < 4.78 is 9.89. The smallest absolute Gasteiger partial charge is 0.331 e. The zero-order valence-electron chi connectivity index (χ0n) is 6.88. The van der Waals surface area contributed by atoms with E-state index in [1.165, 1.54) is 6.08 Å². The molecule has 0 N–H and O–H groups in total. The molecule has 0 amide bonds. The summed E-state index contributed by atoms with van der Waals surface area (Å²) in [6, 6.07) is 0. The van der Waals surface area contributed by atoms with E-state index in [0.717, 1.165) is 5.54 Å². The van der Waals surface area contributed by atoms with E-state index in [1.807, 2.05) is 6.92 Å². The number of rotatable bonds is 3. The molecular weight excluding hydrogens is 180 g/mol. The van der Waals surface area contributed by atoms with Crippen LogP contribution in [0.15, 0.2) is 11.6 Å². The van der Waals surface area contributed by atoms with E-state index in [-0.39, 0.29) is 5.41 Å². The Morgan fingerprint density at radius 3 is 2.83 bits per heavy atom. The highest BCUT2D eigenvalue weighted by Crippen LogP contribution is 2.26. The lowest BCUT2D eigenvalue weighted by atomic mass is 9.90. The monoisotopic (exact) mass is 190 g/mol. The second kappa shape index (κ2) is 3.92. The van der Waals surface area contributed by atoms with Crippen molar-refractivity contribution in [3.05, 3.63) is 11.6 Å². The Hall–Kier alpha value is -0.540. The van der Waals surface area contributed by atoms with Gasteiger partial charge in [0.2, 0.25) is 0 Å². The highest BCUT2D eigenvalue weighted by Gasteiger charge is 2.34. The van der Waals surface area contributed by atoms with Crippen molar-refractivity contribution in [2.24, 2.45) is 5.41 Å². The van der Waals surface area contributed by atoms with Gasteiger partial charge in [0.1, 0.15) is 6.61 Å². The van der Waals surface area contributed by atoms with Crippen molar-refractivity contribution in [1.29, 1.82) is 0 Å². The lowest BCUT2D eigenvalue weighted by molar-refractivity contribution is -0.160. The summed E-state index contributed by atoms with van der Waals surface area (Å²) in [6.45, 7) is 3.72. The molecule has 0 aromatic carbocycles. The Balaban J connectivity index is 2.20. The number of hydrogen-bond acceptors (Lipinski definition) is 3. The molecule has 0 atom stereocenters. The largest absolute Gasteiger partial charge is 0.462 e. The summed E-state index contributed by atoms with van der Waals surface area (Å²) in [5, 5.41) is 0. The molecule has 1 aliphatic heterocycles. The van der Waals surface area contributed by atoms with E-state index in [0.29, 0.717) is 19.8 Å². The Bertz CT molecular complexity index is 196. The van der Waals surface area contributed by atoms with Crippen LogP contribution in [-0.2, 0) is 14.3 Å². The summed E-state index contributed by atoms with van der Waals surface area (Å²) in [7, 11) is 0. The minimum Gasteiger partial charge on any atom is -0.462 e. The Morgan fingerprint density at radius 1 is 1.75 bits per heavy atom. The molecule has 0 aliphatic carbocycles. The van der Waals surface area contributed by atoms with Crippen molar-refractivity contribution in [3.63, 3.8) is 0 Å². The third kappa shape index (κ3) is 2.50. The van der Waals surface area contributed by atoms with Gasteiger partial charge in [0.25, 0.3) is 0 Å². The first-order valence-electron chi connectivity index (χ1n) is 3.68. The van der Waals surface area contributed by atoms with Crippen molar-refractivity contribution in [2.45, 2.75) is 6.92 Å². The first-order chi connectivity index (χ1) is 5.66. The van der Waals surface area contributed by atoms with Crippen LogP contribution in [0.1, 0.15) is 6.92 Å². The van der Waals surface area contributed by atoms with E-state index in [9.17, 15) is 4.79 Å². The molecule has 4 heteroatoms. The zero-order valence-corrected chi connectivity index (χ0v) is 7.63. The van der Waals surface area contributed by atoms with Gasteiger partial charge in [0, 0.05) is 17.0 Å². The molecule has 1 heterocycles. The predicted molar refractivity (Wildman–Crippen MR) is 44.9 cm³/mol. The molecule has 12 heavy (non-hydrogen) atoms. The van der Waals surface area contributed by atoms with Gasteiger partial charge in [-0.25, -0.2) is 4.79 Å². The SMILES string of the molecule is CC1(COC(=O)C=CCl)COC1. The van der Waals surface area contributed by atoms with Crippen LogP contribution < -0.4 is 0 Å². The zero-order chi connectivity index (χ0) is 9.03. The molecule has 1 aliphatic rings.